The summed E-state index contributed by atoms with van der Waals surface area (Å²) in [4.78, 5) is 13.9. The van der Waals surface area contributed by atoms with E-state index >= 15 is 0 Å². The highest BCUT2D eigenvalue weighted by Gasteiger charge is 2.26. The van der Waals surface area contributed by atoms with E-state index in [1.807, 2.05) is 12.1 Å². The van der Waals surface area contributed by atoms with Gasteiger partial charge in [0.25, 0.3) is 0 Å². The fraction of sp³-hybridized carbons (Fsp3) is 0.533. The van der Waals surface area contributed by atoms with E-state index < -0.39 is 6.10 Å². The molecule has 1 aromatic rings. The molecule has 1 saturated heterocycles. The van der Waals surface area contributed by atoms with E-state index in [9.17, 15) is 9.90 Å². The summed E-state index contributed by atoms with van der Waals surface area (Å²) < 4.78 is 0. The van der Waals surface area contributed by atoms with Crippen molar-refractivity contribution in [1.82, 2.24) is 5.32 Å². The zero-order chi connectivity index (χ0) is 14.7. The van der Waals surface area contributed by atoms with Crippen molar-refractivity contribution in [3.8, 4) is 0 Å². The monoisotopic (exact) mass is 296 g/mol. The van der Waals surface area contributed by atoms with Crippen molar-refractivity contribution < 1.29 is 9.90 Å². The van der Waals surface area contributed by atoms with Gasteiger partial charge < -0.3 is 15.3 Å². The molecule has 0 bridgehead atoms. The SMILES string of the molecule is CNC(=O)C1CCCN(c2ccc([C@H](C)O)cc2Cl)C1. The second-order valence-electron chi connectivity index (χ2n) is 5.29. The summed E-state index contributed by atoms with van der Waals surface area (Å²) in [5.74, 6) is 0.104. The molecule has 0 radical (unpaired) electrons. The minimum atomic E-state index is -0.526. The molecule has 0 aromatic heterocycles. The van der Waals surface area contributed by atoms with E-state index in [4.69, 9.17) is 11.6 Å². The first-order valence-electron chi connectivity index (χ1n) is 6.97. The third kappa shape index (κ3) is 3.25. The van der Waals surface area contributed by atoms with Gasteiger partial charge in [0.1, 0.15) is 0 Å². The molecule has 1 aliphatic rings. The number of carbonyl (C=O) groups excluding carboxylic acids is 1. The maximum absolute atomic E-state index is 11.8. The molecule has 2 atom stereocenters. The Hall–Kier alpha value is -1.26. The van der Waals surface area contributed by atoms with Crippen LogP contribution in [0.5, 0.6) is 0 Å². The van der Waals surface area contributed by atoms with Crippen LogP contribution in [0, 0.1) is 5.92 Å². The standard InChI is InChI=1S/C15H21ClN2O2/c1-10(19)11-5-6-14(13(16)8-11)18-7-3-4-12(9-18)15(20)17-2/h5-6,8,10,12,19H,3-4,7,9H2,1-2H3,(H,17,20)/t10-,12?/m0/s1. The van der Waals surface area contributed by atoms with Crippen LogP contribution in [0.4, 0.5) is 5.69 Å². The zero-order valence-electron chi connectivity index (χ0n) is 11.9. The van der Waals surface area contributed by atoms with Crippen molar-refractivity contribution in [2.24, 2.45) is 5.92 Å². The number of nitrogens with zero attached hydrogens (tertiary/aromatic N) is 1. The van der Waals surface area contributed by atoms with Crippen molar-refractivity contribution in [2.45, 2.75) is 25.9 Å². The molecule has 0 saturated carbocycles. The van der Waals surface area contributed by atoms with Gasteiger partial charge in [-0.15, -0.1) is 0 Å². The van der Waals surface area contributed by atoms with Crippen molar-refractivity contribution in [2.75, 3.05) is 25.0 Å². The smallest absolute Gasteiger partial charge is 0.224 e. The molecule has 20 heavy (non-hydrogen) atoms. The van der Waals surface area contributed by atoms with Gasteiger partial charge in [-0.2, -0.15) is 0 Å². The maximum Gasteiger partial charge on any atom is 0.224 e. The highest BCUT2D eigenvalue weighted by Crippen LogP contribution is 2.32. The lowest BCUT2D eigenvalue weighted by Crippen LogP contribution is -2.42. The van der Waals surface area contributed by atoms with Crippen molar-refractivity contribution >= 4 is 23.2 Å². The molecule has 0 spiro atoms. The van der Waals surface area contributed by atoms with E-state index in [-0.39, 0.29) is 11.8 Å². The Morgan fingerprint density at radius 1 is 1.55 bits per heavy atom. The molecule has 0 aliphatic carbocycles. The van der Waals surface area contributed by atoms with E-state index in [0.29, 0.717) is 11.6 Å². The van der Waals surface area contributed by atoms with Crippen LogP contribution in [0.3, 0.4) is 0 Å². The van der Waals surface area contributed by atoms with Crippen LogP contribution in [-0.4, -0.2) is 31.2 Å². The Labute approximate surface area is 124 Å². The molecular weight excluding hydrogens is 276 g/mol. The number of hydrogen-bond acceptors (Lipinski definition) is 3. The van der Waals surface area contributed by atoms with E-state index in [0.717, 1.165) is 30.6 Å². The number of aliphatic hydroxyl groups excluding tert-OH is 1. The second-order valence-corrected chi connectivity index (χ2v) is 5.69. The van der Waals surface area contributed by atoms with Crippen LogP contribution in [0.1, 0.15) is 31.4 Å². The minimum Gasteiger partial charge on any atom is -0.389 e. The molecule has 2 rings (SSSR count). The number of anilines is 1. The van der Waals surface area contributed by atoms with E-state index in [2.05, 4.69) is 10.2 Å². The van der Waals surface area contributed by atoms with Crippen LogP contribution < -0.4 is 10.2 Å². The van der Waals surface area contributed by atoms with Gasteiger partial charge in [0.2, 0.25) is 5.91 Å². The van der Waals surface area contributed by atoms with Crippen LogP contribution in [0.25, 0.3) is 0 Å². The molecule has 1 unspecified atom stereocenters. The molecule has 110 valence electrons. The number of halogens is 1. The highest BCUT2D eigenvalue weighted by atomic mass is 35.5. The maximum atomic E-state index is 11.8. The number of piperidine rings is 1. The largest absolute Gasteiger partial charge is 0.389 e. The fourth-order valence-corrected chi connectivity index (χ4v) is 2.96. The van der Waals surface area contributed by atoms with Crippen LogP contribution in [0.2, 0.25) is 5.02 Å². The van der Waals surface area contributed by atoms with Gasteiger partial charge in [-0.25, -0.2) is 0 Å². The molecule has 5 heteroatoms. The number of rotatable bonds is 3. The summed E-state index contributed by atoms with van der Waals surface area (Å²) in [6, 6.07) is 5.61. The zero-order valence-corrected chi connectivity index (χ0v) is 12.7. The third-order valence-corrected chi connectivity index (χ3v) is 4.14. The summed E-state index contributed by atoms with van der Waals surface area (Å²) in [5.41, 5.74) is 1.74. The molecule has 1 fully saturated rings. The van der Waals surface area contributed by atoms with Gasteiger partial charge in [-0.3, -0.25) is 4.79 Å². The average molecular weight is 297 g/mol. The lowest BCUT2D eigenvalue weighted by atomic mass is 9.96. The second kappa shape index (κ2) is 6.46. The minimum absolute atomic E-state index is 0.0151. The quantitative estimate of drug-likeness (QED) is 0.900. The highest BCUT2D eigenvalue weighted by molar-refractivity contribution is 6.33. The Kier molecular flexibility index (Phi) is 4.89. The number of nitrogens with one attached hydrogen (secondary N) is 1. The van der Waals surface area contributed by atoms with Crippen LogP contribution >= 0.6 is 11.6 Å². The van der Waals surface area contributed by atoms with Gasteiger partial charge in [0, 0.05) is 20.1 Å². The van der Waals surface area contributed by atoms with E-state index in [1.165, 1.54) is 0 Å². The molecule has 1 aromatic carbocycles. The summed E-state index contributed by atoms with van der Waals surface area (Å²) in [5, 5.41) is 12.9. The summed E-state index contributed by atoms with van der Waals surface area (Å²) in [6.07, 6.45) is 1.37. The van der Waals surface area contributed by atoms with Crippen LogP contribution in [-0.2, 0) is 4.79 Å². The number of amides is 1. The summed E-state index contributed by atoms with van der Waals surface area (Å²) in [6.45, 7) is 3.31. The Morgan fingerprint density at radius 2 is 2.30 bits per heavy atom. The first kappa shape index (κ1) is 15.1. The molecule has 4 nitrogen and oxygen atoms in total. The number of benzene rings is 1. The molecule has 2 N–H and O–H groups in total. The summed E-state index contributed by atoms with van der Waals surface area (Å²) >= 11 is 6.31. The van der Waals surface area contributed by atoms with Crippen molar-refractivity contribution in [3.63, 3.8) is 0 Å². The van der Waals surface area contributed by atoms with Gasteiger partial charge >= 0.3 is 0 Å². The Bertz CT molecular complexity index is 491. The Balaban J connectivity index is 2.17. The van der Waals surface area contributed by atoms with Crippen LogP contribution in [0.15, 0.2) is 18.2 Å². The normalized spacial score (nSPS) is 20.6. The van der Waals surface area contributed by atoms with Gasteiger partial charge in [-0.05, 0) is 37.5 Å². The first-order chi connectivity index (χ1) is 9.52. The van der Waals surface area contributed by atoms with E-state index in [1.54, 1.807) is 20.0 Å². The van der Waals surface area contributed by atoms with Crippen molar-refractivity contribution in [3.05, 3.63) is 28.8 Å². The molecule has 1 aliphatic heterocycles. The number of carbonyl (C=O) groups is 1. The predicted molar refractivity (Wildman–Crippen MR) is 81.1 cm³/mol. The fourth-order valence-electron chi connectivity index (χ4n) is 2.65. The molecule has 1 heterocycles. The Morgan fingerprint density at radius 3 is 2.90 bits per heavy atom. The van der Waals surface area contributed by atoms with Gasteiger partial charge in [0.15, 0.2) is 0 Å². The van der Waals surface area contributed by atoms with Gasteiger partial charge in [0.05, 0.1) is 22.7 Å². The topological polar surface area (TPSA) is 52.6 Å². The number of hydrogen-bond donors (Lipinski definition) is 2. The third-order valence-electron chi connectivity index (χ3n) is 3.83. The first-order valence-corrected chi connectivity index (χ1v) is 7.34. The average Bonchev–Trinajstić information content (AvgIpc) is 2.46. The summed E-state index contributed by atoms with van der Waals surface area (Å²) in [7, 11) is 1.67. The molecular formula is C15H21ClN2O2. The lowest BCUT2D eigenvalue weighted by molar-refractivity contribution is -0.124. The number of aliphatic hydroxyl groups is 1. The van der Waals surface area contributed by atoms with Gasteiger partial charge in [-0.1, -0.05) is 17.7 Å². The predicted octanol–water partition coefficient (Wildman–Crippen LogP) is 2.36. The molecule has 1 amide bonds. The lowest BCUT2D eigenvalue weighted by Gasteiger charge is -2.34. The van der Waals surface area contributed by atoms with Crippen molar-refractivity contribution in [1.29, 1.82) is 0 Å².